The fourth-order valence-corrected chi connectivity index (χ4v) is 6.01. The van der Waals surface area contributed by atoms with E-state index < -0.39 is 0 Å². The summed E-state index contributed by atoms with van der Waals surface area (Å²) in [6.07, 6.45) is 0. The van der Waals surface area contributed by atoms with E-state index >= 15 is 0 Å². The van der Waals surface area contributed by atoms with E-state index in [4.69, 9.17) is 11.6 Å². The number of carbonyl (C=O) groups is 1. The van der Waals surface area contributed by atoms with Crippen LogP contribution in [0.15, 0.2) is 41.8 Å². The van der Waals surface area contributed by atoms with Crippen LogP contribution in [0.3, 0.4) is 0 Å². The second-order valence-electron chi connectivity index (χ2n) is 7.88. The van der Waals surface area contributed by atoms with Gasteiger partial charge in [0.2, 0.25) is 0 Å². The number of halogens is 1. The molecule has 1 aliphatic heterocycles. The van der Waals surface area contributed by atoms with Crippen molar-refractivity contribution in [3.8, 4) is 0 Å². The first-order chi connectivity index (χ1) is 15.0. The van der Waals surface area contributed by atoms with Crippen molar-refractivity contribution >= 4 is 45.2 Å². The van der Waals surface area contributed by atoms with Crippen molar-refractivity contribution in [3.63, 3.8) is 0 Å². The number of amides is 1. The number of carbonyl (C=O) groups excluding carboxylic acids is 1. The minimum Gasteiger partial charge on any atom is -0.313 e. The summed E-state index contributed by atoms with van der Waals surface area (Å²) in [6, 6.07) is 12.0. The van der Waals surface area contributed by atoms with Crippen molar-refractivity contribution < 1.29 is 4.79 Å². The number of thiophene rings is 2. The molecule has 0 aliphatic carbocycles. The van der Waals surface area contributed by atoms with Gasteiger partial charge in [-0.1, -0.05) is 36.7 Å². The Bertz CT molecular complexity index is 1020. The predicted molar refractivity (Wildman–Crippen MR) is 133 cm³/mol. The average molecular weight is 474 g/mol. The van der Waals surface area contributed by atoms with Crippen molar-refractivity contribution in [3.05, 3.63) is 73.2 Å². The molecule has 7 heteroatoms. The Morgan fingerprint density at radius 3 is 2.45 bits per heavy atom. The number of hydrogen-bond acceptors (Lipinski definition) is 5. The molecule has 1 N–H and O–H groups in total. The summed E-state index contributed by atoms with van der Waals surface area (Å²) in [7, 11) is 0. The van der Waals surface area contributed by atoms with Gasteiger partial charge in [0.15, 0.2) is 0 Å². The largest absolute Gasteiger partial charge is 0.313 e. The van der Waals surface area contributed by atoms with Gasteiger partial charge in [0.05, 0.1) is 10.9 Å². The second kappa shape index (κ2) is 9.84. The lowest BCUT2D eigenvalue weighted by Crippen LogP contribution is -2.47. The third kappa shape index (κ3) is 4.89. The fraction of sp³-hybridized carbons (Fsp3) is 0.375. The highest BCUT2D eigenvalue weighted by Crippen LogP contribution is 2.43. The maximum Gasteiger partial charge on any atom is 0.266 e. The van der Waals surface area contributed by atoms with Crippen LogP contribution in [-0.4, -0.2) is 48.4 Å². The van der Waals surface area contributed by atoms with E-state index in [1.54, 1.807) is 11.3 Å². The van der Waals surface area contributed by atoms with Crippen LogP contribution < -0.4 is 5.32 Å². The maximum atomic E-state index is 12.9. The fourth-order valence-electron chi connectivity index (χ4n) is 4.18. The van der Waals surface area contributed by atoms with E-state index in [1.807, 2.05) is 29.6 Å². The van der Waals surface area contributed by atoms with E-state index in [9.17, 15) is 4.79 Å². The molecule has 3 aromatic rings. The molecule has 4 rings (SSSR count). The van der Waals surface area contributed by atoms with Gasteiger partial charge in [-0.25, -0.2) is 0 Å². The molecule has 0 spiro atoms. The SMILES string of the molecule is CCN1CCN([C@@H](c2ccc(Cl)cc2)c2c(NC(=O)c3cccs3)sc(C)c2C)CC1. The Morgan fingerprint density at radius 2 is 1.84 bits per heavy atom. The molecule has 0 bridgehead atoms. The van der Waals surface area contributed by atoms with Gasteiger partial charge in [0, 0.05) is 41.6 Å². The van der Waals surface area contributed by atoms with Crippen LogP contribution in [0.25, 0.3) is 0 Å². The van der Waals surface area contributed by atoms with Gasteiger partial charge in [-0.2, -0.15) is 0 Å². The molecule has 164 valence electrons. The molecule has 1 aliphatic rings. The Labute approximate surface area is 197 Å². The van der Waals surface area contributed by atoms with Crippen LogP contribution in [-0.2, 0) is 0 Å². The van der Waals surface area contributed by atoms with Gasteiger partial charge >= 0.3 is 0 Å². The number of aryl methyl sites for hydroxylation is 1. The van der Waals surface area contributed by atoms with Gasteiger partial charge < -0.3 is 10.2 Å². The molecule has 0 radical (unpaired) electrons. The smallest absolute Gasteiger partial charge is 0.266 e. The molecule has 0 unspecified atom stereocenters. The number of likely N-dealkylation sites (N-methyl/N-ethyl adjacent to an activating group) is 1. The summed E-state index contributed by atoms with van der Waals surface area (Å²) in [4.78, 5) is 19.9. The highest BCUT2D eigenvalue weighted by Gasteiger charge is 2.31. The highest BCUT2D eigenvalue weighted by atomic mass is 35.5. The lowest BCUT2D eigenvalue weighted by Gasteiger charge is -2.39. The summed E-state index contributed by atoms with van der Waals surface area (Å²) in [5.74, 6) is -0.0387. The van der Waals surface area contributed by atoms with E-state index in [0.717, 1.165) is 47.6 Å². The topological polar surface area (TPSA) is 35.6 Å². The first kappa shape index (κ1) is 22.5. The first-order valence-electron chi connectivity index (χ1n) is 10.6. The average Bonchev–Trinajstić information content (AvgIpc) is 3.40. The number of rotatable bonds is 6. The quantitative estimate of drug-likeness (QED) is 0.472. The van der Waals surface area contributed by atoms with Crippen molar-refractivity contribution in [1.29, 1.82) is 0 Å². The van der Waals surface area contributed by atoms with Crippen molar-refractivity contribution in [1.82, 2.24) is 9.80 Å². The summed E-state index contributed by atoms with van der Waals surface area (Å²) >= 11 is 9.34. The molecule has 1 atom stereocenters. The molecule has 31 heavy (non-hydrogen) atoms. The van der Waals surface area contributed by atoms with Gasteiger partial charge in [0.25, 0.3) is 5.91 Å². The van der Waals surface area contributed by atoms with Gasteiger partial charge in [-0.15, -0.1) is 22.7 Å². The monoisotopic (exact) mass is 473 g/mol. The normalized spacial score (nSPS) is 16.4. The minimum atomic E-state index is -0.0387. The maximum absolute atomic E-state index is 12.9. The summed E-state index contributed by atoms with van der Waals surface area (Å²) in [5.41, 5.74) is 3.67. The predicted octanol–water partition coefficient (Wildman–Crippen LogP) is 6.06. The summed E-state index contributed by atoms with van der Waals surface area (Å²) < 4.78 is 0. The third-order valence-corrected chi connectivity index (χ3v) is 8.34. The second-order valence-corrected chi connectivity index (χ2v) is 10.5. The van der Waals surface area contributed by atoms with Crippen LogP contribution in [0, 0.1) is 13.8 Å². The molecular formula is C24H28ClN3OS2. The Kier molecular flexibility index (Phi) is 7.14. The number of nitrogens with one attached hydrogen (secondary N) is 1. The van der Waals surface area contributed by atoms with Crippen LogP contribution >= 0.6 is 34.3 Å². The molecule has 2 aromatic heterocycles. The van der Waals surface area contributed by atoms with E-state index in [-0.39, 0.29) is 11.9 Å². The van der Waals surface area contributed by atoms with Crippen molar-refractivity contribution in [2.24, 2.45) is 0 Å². The number of piperazine rings is 1. The van der Waals surface area contributed by atoms with E-state index in [1.165, 1.54) is 32.9 Å². The zero-order valence-electron chi connectivity index (χ0n) is 18.2. The zero-order valence-corrected chi connectivity index (χ0v) is 20.5. The zero-order chi connectivity index (χ0) is 22.0. The molecule has 1 aromatic carbocycles. The molecule has 1 amide bonds. The molecule has 1 saturated heterocycles. The van der Waals surface area contributed by atoms with Crippen molar-refractivity contribution in [2.75, 3.05) is 38.0 Å². The standard InChI is InChI=1S/C24H28ClN3OS2/c1-4-27-11-13-28(14-12-27)22(18-7-9-19(25)10-8-18)21-16(2)17(3)31-24(21)26-23(29)20-6-5-15-30-20/h5-10,15,22H,4,11-14H2,1-3H3,(H,26,29)/t22-/m0/s1. The van der Waals surface area contributed by atoms with Gasteiger partial charge in [-0.05, 0) is 55.1 Å². The number of hydrogen-bond donors (Lipinski definition) is 1. The molecule has 4 nitrogen and oxygen atoms in total. The molecule has 1 fully saturated rings. The number of anilines is 1. The van der Waals surface area contributed by atoms with Gasteiger partial charge in [0.1, 0.15) is 5.00 Å². The van der Waals surface area contributed by atoms with Crippen LogP contribution in [0.2, 0.25) is 5.02 Å². The lowest BCUT2D eigenvalue weighted by molar-refractivity contribution is 0.102. The van der Waals surface area contributed by atoms with Crippen LogP contribution in [0.1, 0.15) is 44.2 Å². The lowest BCUT2D eigenvalue weighted by atomic mass is 9.94. The van der Waals surface area contributed by atoms with E-state index in [0.29, 0.717) is 0 Å². The van der Waals surface area contributed by atoms with E-state index in [2.05, 4.69) is 48.0 Å². The van der Waals surface area contributed by atoms with Gasteiger partial charge in [-0.3, -0.25) is 9.69 Å². The molecule has 3 heterocycles. The molecule has 0 saturated carbocycles. The van der Waals surface area contributed by atoms with Crippen LogP contribution in [0.4, 0.5) is 5.00 Å². The molecular weight excluding hydrogens is 446 g/mol. The Balaban J connectivity index is 1.74. The van der Waals surface area contributed by atoms with Crippen LogP contribution in [0.5, 0.6) is 0 Å². The summed E-state index contributed by atoms with van der Waals surface area (Å²) in [6.45, 7) is 11.7. The van der Waals surface area contributed by atoms with Crippen molar-refractivity contribution in [2.45, 2.75) is 26.8 Å². The number of nitrogens with zero attached hydrogens (tertiary/aromatic N) is 2. The number of benzene rings is 1. The first-order valence-corrected chi connectivity index (χ1v) is 12.7. The third-order valence-electron chi connectivity index (χ3n) is 6.08. The highest BCUT2D eigenvalue weighted by molar-refractivity contribution is 7.17. The Hall–Kier alpha value is -1.70. The minimum absolute atomic E-state index is 0.0387. The summed E-state index contributed by atoms with van der Waals surface area (Å²) in [5, 5.41) is 6.85. The Morgan fingerprint density at radius 1 is 1.13 bits per heavy atom.